The molecule has 1 aromatic heterocycles. The molecule has 0 amide bonds. The van der Waals surface area contributed by atoms with E-state index in [9.17, 15) is 8.42 Å². The zero-order valence-corrected chi connectivity index (χ0v) is 14.8. The fourth-order valence-electron chi connectivity index (χ4n) is 2.18. The summed E-state index contributed by atoms with van der Waals surface area (Å²) in [5, 5.41) is 11.0. The van der Waals surface area contributed by atoms with Gasteiger partial charge in [0.25, 0.3) is 10.0 Å². The Morgan fingerprint density at radius 1 is 1.04 bits per heavy atom. The van der Waals surface area contributed by atoms with Gasteiger partial charge in [-0.15, -0.1) is 10.2 Å². The maximum Gasteiger partial charge on any atom is 0.263 e. The third kappa shape index (κ3) is 4.30. The quantitative estimate of drug-likeness (QED) is 0.809. The molecule has 0 spiro atoms. The Bertz CT molecular complexity index is 838. The molecule has 2 N–H and O–H groups in total. The molecular formula is C16H20N4O4S. The topological polar surface area (TPSA) is 102 Å². The molecule has 9 heteroatoms. The molecule has 0 saturated carbocycles. The lowest BCUT2D eigenvalue weighted by atomic mass is 10.2. The fraction of sp³-hybridized carbons (Fsp3) is 0.375. The smallest absolute Gasteiger partial charge is 0.263 e. The Morgan fingerprint density at radius 3 is 2.40 bits per heavy atom. The van der Waals surface area contributed by atoms with E-state index in [0.717, 1.165) is 6.54 Å². The van der Waals surface area contributed by atoms with Gasteiger partial charge in [0.2, 0.25) is 0 Å². The van der Waals surface area contributed by atoms with E-state index in [-0.39, 0.29) is 10.7 Å². The van der Waals surface area contributed by atoms with Gasteiger partial charge in [0.05, 0.1) is 4.90 Å². The Labute approximate surface area is 146 Å². The Kier molecular flexibility index (Phi) is 4.93. The summed E-state index contributed by atoms with van der Waals surface area (Å²) < 4.78 is 38.2. The molecule has 0 unspecified atom stereocenters. The number of benzene rings is 1. The molecule has 0 fully saturated rings. The molecule has 1 aromatic carbocycles. The maximum atomic E-state index is 12.5. The summed E-state index contributed by atoms with van der Waals surface area (Å²) in [5.74, 6) is 2.15. The normalized spacial score (nSPS) is 13.6. The van der Waals surface area contributed by atoms with Crippen LogP contribution in [0.3, 0.4) is 0 Å². The van der Waals surface area contributed by atoms with E-state index in [1.807, 2.05) is 0 Å². The summed E-state index contributed by atoms with van der Waals surface area (Å²) in [6.45, 7) is 5.76. The van der Waals surface area contributed by atoms with Crippen LogP contribution in [0.25, 0.3) is 0 Å². The second-order valence-corrected chi connectivity index (χ2v) is 7.67. The highest BCUT2D eigenvalue weighted by atomic mass is 32.2. The molecule has 0 bridgehead atoms. The van der Waals surface area contributed by atoms with Crippen LogP contribution in [0.2, 0.25) is 0 Å². The van der Waals surface area contributed by atoms with E-state index in [0.29, 0.717) is 36.4 Å². The van der Waals surface area contributed by atoms with Gasteiger partial charge in [-0.1, -0.05) is 13.8 Å². The van der Waals surface area contributed by atoms with Crippen LogP contribution < -0.4 is 19.5 Å². The van der Waals surface area contributed by atoms with Crippen LogP contribution in [-0.4, -0.2) is 38.4 Å². The summed E-state index contributed by atoms with van der Waals surface area (Å²) in [6, 6.07) is 7.71. The van der Waals surface area contributed by atoms with Crippen LogP contribution in [0, 0.1) is 5.92 Å². The van der Waals surface area contributed by atoms with Crippen molar-refractivity contribution in [3.8, 4) is 11.5 Å². The van der Waals surface area contributed by atoms with Gasteiger partial charge in [0, 0.05) is 12.6 Å². The van der Waals surface area contributed by atoms with E-state index in [2.05, 4.69) is 34.1 Å². The highest BCUT2D eigenvalue weighted by molar-refractivity contribution is 7.92. The van der Waals surface area contributed by atoms with Crippen LogP contribution in [0.5, 0.6) is 11.5 Å². The molecular weight excluding hydrogens is 344 g/mol. The summed E-state index contributed by atoms with van der Waals surface area (Å²) in [6.07, 6.45) is 0. The Morgan fingerprint density at radius 2 is 1.72 bits per heavy atom. The number of anilines is 2. The summed E-state index contributed by atoms with van der Waals surface area (Å²) in [4.78, 5) is 0.0700. The van der Waals surface area contributed by atoms with Crippen molar-refractivity contribution < 1.29 is 17.9 Å². The molecule has 8 nitrogen and oxygen atoms in total. The average molecular weight is 364 g/mol. The number of rotatable bonds is 6. The molecule has 0 saturated heterocycles. The number of ether oxygens (including phenoxy) is 2. The Balaban J connectivity index is 1.73. The third-order valence-corrected chi connectivity index (χ3v) is 4.77. The van der Waals surface area contributed by atoms with Crippen molar-refractivity contribution in [1.29, 1.82) is 0 Å². The molecule has 134 valence electrons. The largest absolute Gasteiger partial charge is 0.486 e. The van der Waals surface area contributed by atoms with E-state index < -0.39 is 10.0 Å². The Hall–Kier alpha value is -2.55. The standard InChI is InChI=1S/C16H20N4O4S/c1-11(2)10-17-15-5-6-16(19-18-15)20-25(21,22)12-3-4-13-14(9-12)24-8-7-23-13/h3-6,9,11H,7-8,10H2,1-2H3,(H,17,18)(H,19,20). The van der Waals surface area contributed by atoms with E-state index in [1.165, 1.54) is 12.1 Å². The highest BCUT2D eigenvalue weighted by Crippen LogP contribution is 2.32. The predicted molar refractivity (Wildman–Crippen MR) is 93.6 cm³/mol. The minimum Gasteiger partial charge on any atom is -0.486 e. The molecule has 3 rings (SSSR count). The minimum atomic E-state index is -3.79. The average Bonchev–Trinajstić information content (AvgIpc) is 2.60. The first-order chi connectivity index (χ1) is 11.9. The van der Waals surface area contributed by atoms with Gasteiger partial charge in [0.15, 0.2) is 17.3 Å². The van der Waals surface area contributed by atoms with E-state index in [1.54, 1.807) is 18.2 Å². The second-order valence-electron chi connectivity index (χ2n) is 5.99. The first kappa shape index (κ1) is 17.3. The van der Waals surface area contributed by atoms with Crippen molar-refractivity contribution >= 4 is 21.7 Å². The number of nitrogens with one attached hydrogen (secondary N) is 2. The van der Waals surface area contributed by atoms with Crippen LogP contribution >= 0.6 is 0 Å². The first-order valence-electron chi connectivity index (χ1n) is 7.94. The number of sulfonamides is 1. The van der Waals surface area contributed by atoms with Crippen LogP contribution in [-0.2, 0) is 10.0 Å². The minimum absolute atomic E-state index is 0.0700. The first-order valence-corrected chi connectivity index (χ1v) is 9.42. The number of aromatic nitrogens is 2. The van der Waals surface area contributed by atoms with Crippen LogP contribution in [0.4, 0.5) is 11.6 Å². The van der Waals surface area contributed by atoms with Gasteiger partial charge in [0.1, 0.15) is 19.0 Å². The monoisotopic (exact) mass is 364 g/mol. The van der Waals surface area contributed by atoms with Crippen LogP contribution in [0.1, 0.15) is 13.8 Å². The number of hydrogen-bond acceptors (Lipinski definition) is 7. The highest BCUT2D eigenvalue weighted by Gasteiger charge is 2.20. The molecule has 2 aromatic rings. The molecule has 0 radical (unpaired) electrons. The van der Waals surface area contributed by atoms with Gasteiger partial charge in [-0.25, -0.2) is 8.42 Å². The fourth-order valence-corrected chi connectivity index (χ4v) is 3.19. The van der Waals surface area contributed by atoms with Gasteiger partial charge in [-0.3, -0.25) is 4.72 Å². The second kappa shape index (κ2) is 7.14. The lowest BCUT2D eigenvalue weighted by Crippen LogP contribution is -2.18. The van der Waals surface area contributed by atoms with Crippen LogP contribution in [0.15, 0.2) is 35.2 Å². The van der Waals surface area contributed by atoms with Crippen molar-refractivity contribution in [2.24, 2.45) is 5.92 Å². The predicted octanol–water partition coefficient (Wildman–Crippen LogP) is 2.12. The molecule has 2 heterocycles. The van der Waals surface area contributed by atoms with Gasteiger partial charge >= 0.3 is 0 Å². The van der Waals surface area contributed by atoms with Gasteiger partial charge in [-0.05, 0) is 30.2 Å². The summed E-state index contributed by atoms with van der Waals surface area (Å²) >= 11 is 0. The van der Waals surface area contributed by atoms with Gasteiger partial charge < -0.3 is 14.8 Å². The molecule has 25 heavy (non-hydrogen) atoms. The van der Waals surface area contributed by atoms with E-state index >= 15 is 0 Å². The number of nitrogens with zero attached hydrogens (tertiary/aromatic N) is 2. The van der Waals surface area contributed by atoms with Crippen molar-refractivity contribution in [2.45, 2.75) is 18.7 Å². The SMILES string of the molecule is CC(C)CNc1ccc(NS(=O)(=O)c2ccc3c(c2)OCCO3)nn1. The lowest BCUT2D eigenvalue weighted by Gasteiger charge is -2.18. The maximum absolute atomic E-state index is 12.5. The number of hydrogen-bond donors (Lipinski definition) is 2. The lowest BCUT2D eigenvalue weighted by molar-refractivity contribution is 0.171. The van der Waals surface area contributed by atoms with Gasteiger partial charge in [-0.2, -0.15) is 0 Å². The molecule has 1 aliphatic heterocycles. The van der Waals surface area contributed by atoms with E-state index in [4.69, 9.17) is 9.47 Å². The molecule has 0 atom stereocenters. The van der Waals surface area contributed by atoms with Crippen molar-refractivity contribution in [3.05, 3.63) is 30.3 Å². The zero-order valence-electron chi connectivity index (χ0n) is 14.0. The summed E-state index contributed by atoms with van der Waals surface area (Å²) in [5.41, 5.74) is 0. The summed E-state index contributed by atoms with van der Waals surface area (Å²) in [7, 11) is -3.79. The zero-order chi connectivity index (χ0) is 17.9. The van der Waals surface area contributed by atoms with Crippen molar-refractivity contribution in [3.63, 3.8) is 0 Å². The molecule has 0 aliphatic carbocycles. The molecule has 1 aliphatic rings. The van der Waals surface area contributed by atoms with Crippen molar-refractivity contribution in [2.75, 3.05) is 29.8 Å². The van der Waals surface area contributed by atoms with Crippen molar-refractivity contribution in [1.82, 2.24) is 10.2 Å². The third-order valence-electron chi connectivity index (χ3n) is 3.42. The number of fused-ring (bicyclic) bond motifs is 1.